The van der Waals surface area contributed by atoms with Crippen molar-refractivity contribution in [2.24, 2.45) is 0 Å². The van der Waals surface area contributed by atoms with Crippen LogP contribution in [0, 0.1) is 0 Å². The number of aromatic amines is 1. The molecule has 0 unspecified atom stereocenters. The van der Waals surface area contributed by atoms with Gasteiger partial charge in [0.05, 0.1) is 11.0 Å². The third-order valence-electron chi connectivity index (χ3n) is 4.65. The molecule has 0 saturated carbocycles. The molecule has 1 saturated heterocycles. The molecule has 2 N–H and O–H groups in total. The number of thiocarbonyl (C=S) groups is 1. The van der Waals surface area contributed by atoms with Crippen molar-refractivity contribution in [1.29, 1.82) is 0 Å². The van der Waals surface area contributed by atoms with Gasteiger partial charge in [0.15, 0.2) is 10.8 Å². The van der Waals surface area contributed by atoms with Crippen LogP contribution in [0.2, 0.25) is 0 Å². The van der Waals surface area contributed by atoms with Crippen LogP contribution in [-0.2, 0) is 0 Å². The zero-order valence-electron chi connectivity index (χ0n) is 14.0. The zero-order valence-corrected chi connectivity index (χ0v) is 15.7. The number of rotatable bonds is 1. The molecule has 3 heterocycles. The summed E-state index contributed by atoms with van der Waals surface area (Å²) >= 11 is 7.57. The summed E-state index contributed by atoms with van der Waals surface area (Å²) in [6.45, 7) is 2.01. The minimum absolute atomic E-state index is 0.793. The van der Waals surface area contributed by atoms with Gasteiger partial charge in [-0.1, -0.05) is 12.1 Å². The van der Waals surface area contributed by atoms with Crippen molar-refractivity contribution in [2.75, 3.05) is 29.9 Å². The smallest absolute Gasteiger partial charge is 0.173 e. The number of nitrogens with zero attached hydrogens (tertiary/aromatic N) is 3. The second-order valence-electron chi connectivity index (χ2n) is 6.32. The first-order valence-electron chi connectivity index (χ1n) is 8.60. The van der Waals surface area contributed by atoms with Gasteiger partial charge in [0, 0.05) is 41.2 Å². The molecule has 0 amide bonds. The molecule has 0 atom stereocenters. The lowest BCUT2D eigenvalue weighted by molar-refractivity contribution is 0.470. The second-order valence-corrected chi connectivity index (χ2v) is 7.94. The molecule has 1 fully saturated rings. The molecular weight excluding hydrogens is 362 g/mol. The SMILES string of the molecule is S=C(Nc1ccc2[nH]c3nc4ccccc4nc3c2c1)N1CCSCC1. The molecule has 0 spiro atoms. The molecule has 0 radical (unpaired) electrons. The van der Waals surface area contributed by atoms with E-state index in [1.807, 2.05) is 42.1 Å². The van der Waals surface area contributed by atoms with E-state index in [0.29, 0.717) is 0 Å². The lowest BCUT2D eigenvalue weighted by atomic mass is 10.2. The summed E-state index contributed by atoms with van der Waals surface area (Å²) in [6, 6.07) is 14.1. The lowest BCUT2D eigenvalue weighted by Gasteiger charge is -2.29. The van der Waals surface area contributed by atoms with Crippen molar-refractivity contribution in [2.45, 2.75) is 0 Å². The average molecular weight is 380 g/mol. The van der Waals surface area contributed by atoms with Crippen LogP contribution in [0.15, 0.2) is 42.5 Å². The number of anilines is 1. The number of H-pyrrole nitrogens is 1. The number of nitrogens with one attached hydrogen (secondary N) is 2. The Morgan fingerprint density at radius 3 is 2.65 bits per heavy atom. The summed E-state index contributed by atoms with van der Waals surface area (Å²) < 4.78 is 0. The van der Waals surface area contributed by atoms with E-state index in [0.717, 1.165) is 68.5 Å². The Balaban J connectivity index is 1.54. The third kappa shape index (κ3) is 2.77. The fourth-order valence-electron chi connectivity index (χ4n) is 3.30. The number of thioether (sulfide) groups is 1. The predicted octanol–water partition coefficient (Wildman–Crippen LogP) is 4.01. The van der Waals surface area contributed by atoms with Gasteiger partial charge < -0.3 is 15.2 Å². The number of benzene rings is 2. The van der Waals surface area contributed by atoms with Crippen molar-refractivity contribution < 1.29 is 0 Å². The van der Waals surface area contributed by atoms with Crippen molar-refractivity contribution in [3.63, 3.8) is 0 Å². The van der Waals surface area contributed by atoms with E-state index < -0.39 is 0 Å². The van der Waals surface area contributed by atoms with Crippen LogP contribution in [0.5, 0.6) is 0 Å². The minimum atomic E-state index is 0.793. The third-order valence-corrected chi connectivity index (χ3v) is 5.95. The largest absolute Gasteiger partial charge is 0.347 e. The van der Waals surface area contributed by atoms with Gasteiger partial charge in [0.1, 0.15) is 5.52 Å². The molecule has 130 valence electrons. The van der Waals surface area contributed by atoms with Gasteiger partial charge in [-0.25, -0.2) is 9.97 Å². The van der Waals surface area contributed by atoms with Crippen molar-refractivity contribution in [3.8, 4) is 0 Å². The van der Waals surface area contributed by atoms with Gasteiger partial charge in [-0.15, -0.1) is 0 Å². The predicted molar refractivity (Wildman–Crippen MR) is 114 cm³/mol. The van der Waals surface area contributed by atoms with E-state index in [9.17, 15) is 0 Å². The average Bonchev–Trinajstić information content (AvgIpc) is 3.03. The van der Waals surface area contributed by atoms with Crippen LogP contribution in [-0.4, -0.2) is 49.6 Å². The fourth-order valence-corrected chi connectivity index (χ4v) is 4.50. The maximum absolute atomic E-state index is 5.59. The molecule has 2 aromatic heterocycles. The Bertz CT molecular complexity index is 1130. The summed E-state index contributed by atoms with van der Waals surface area (Å²) in [5.41, 5.74) is 5.52. The molecule has 0 bridgehead atoms. The van der Waals surface area contributed by atoms with Crippen molar-refractivity contribution >= 4 is 67.9 Å². The number of hydrogen-bond acceptors (Lipinski definition) is 4. The highest BCUT2D eigenvalue weighted by molar-refractivity contribution is 7.99. The minimum Gasteiger partial charge on any atom is -0.347 e. The highest BCUT2D eigenvalue weighted by Gasteiger charge is 2.14. The van der Waals surface area contributed by atoms with E-state index >= 15 is 0 Å². The van der Waals surface area contributed by atoms with Crippen LogP contribution in [0.1, 0.15) is 0 Å². The number of fused-ring (bicyclic) bond motifs is 4. The van der Waals surface area contributed by atoms with E-state index in [1.165, 1.54) is 0 Å². The molecule has 4 aromatic rings. The van der Waals surface area contributed by atoms with Crippen molar-refractivity contribution in [1.82, 2.24) is 19.9 Å². The van der Waals surface area contributed by atoms with E-state index in [4.69, 9.17) is 22.2 Å². The van der Waals surface area contributed by atoms with Crippen LogP contribution >= 0.6 is 24.0 Å². The van der Waals surface area contributed by atoms with Crippen LogP contribution < -0.4 is 5.32 Å². The molecular formula is C19H17N5S2. The summed E-state index contributed by atoms with van der Waals surface area (Å²) in [6.07, 6.45) is 0. The van der Waals surface area contributed by atoms with E-state index in [1.54, 1.807) is 0 Å². The van der Waals surface area contributed by atoms with Gasteiger partial charge in [0.2, 0.25) is 0 Å². The number of aromatic nitrogens is 3. The number of para-hydroxylation sites is 2. The van der Waals surface area contributed by atoms with Gasteiger partial charge in [0.25, 0.3) is 0 Å². The first-order chi connectivity index (χ1) is 12.8. The molecule has 2 aromatic carbocycles. The molecule has 1 aliphatic rings. The first kappa shape index (κ1) is 15.8. The Hall–Kier alpha value is -2.38. The maximum atomic E-state index is 5.59. The zero-order chi connectivity index (χ0) is 17.5. The van der Waals surface area contributed by atoms with E-state index in [-0.39, 0.29) is 0 Å². The Morgan fingerprint density at radius 2 is 1.85 bits per heavy atom. The van der Waals surface area contributed by atoms with Gasteiger partial charge in [-0.05, 0) is 42.5 Å². The molecule has 26 heavy (non-hydrogen) atoms. The molecule has 5 nitrogen and oxygen atoms in total. The van der Waals surface area contributed by atoms with Crippen LogP contribution in [0.3, 0.4) is 0 Å². The summed E-state index contributed by atoms with van der Waals surface area (Å²) in [4.78, 5) is 15.1. The summed E-state index contributed by atoms with van der Waals surface area (Å²) in [7, 11) is 0. The molecule has 5 rings (SSSR count). The molecule has 7 heteroatoms. The van der Waals surface area contributed by atoms with Crippen molar-refractivity contribution in [3.05, 3.63) is 42.5 Å². The number of hydrogen-bond donors (Lipinski definition) is 2. The Kier molecular flexibility index (Phi) is 3.90. The second kappa shape index (κ2) is 6.41. The van der Waals surface area contributed by atoms with E-state index in [2.05, 4.69) is 27.3 Å². The standard InChI is InChI=1S/C19H17N5S2/c25-19(24-7-9-26-10-8-24)20-12-5-6-14-13(11-12)17-18(22-14)23-16-4-2-1-3-15(16)21-17/h1-6,11H,7-10H2,(H,20,25)(H,22,23). The van der Waals surface area contributed by atoms with Gasteiger partial charge >= 0.3 is 0 Å². The first-order valence-corrected chi connectivity index (χ1v) is 10.2. The highest BCUT2D eigenvalue weighted by Crippen LogP contribution is 2.27. The molecule has 1 aliphatic heterocycles. The molecule has 0 aliphatic carbocycles. The fraction of sp³-hybridized carbons (Fsp3) is 0.211. The monoisotopic (exact) mass is 379 g/mol. The van der Waals surface area contributed by atoms with Crippen LogP contribution in [0.25, 0.3) is 33.1 Å². The Labute approximate surface area is 160 Å². The lowest BCUT2D eigenvalue weighted by Crippen LogP contribution is -2.40. The summed E-state index contributed by atoms with van der Waals surface area (Å²) in [5.74, 6) is 2.26. The van der Waals surface area contributed by atoms with Gasteiger partial charge in [-0.2, -0.15) is 11.8 Å². The van der Waals surface area contributed by atoms with Gasteiger partial charge in [-0.3, -0.25) is 0 Å². The quantitative estimate of drug-likeness (QED) is 0.488. The topological polar surface area (TPSA) is 56.8 Å². The van der Waals surface area contributed by atoms with Crippen LogP contribution in [0.4, 0.5) is 5.69 Å². The maximum Gasteiger partial charge on any atom is 0.173 e. The summed E-state index contributed by atoms with van der Waals surface area (Å²) in [5, 5.41) is 5.23. The highest BCUT2D eigenvalue weighted by atomic mass is 32.2. The normalized spacial score (nSPS) is 15.0. The Morgan fingerprint density at radius 1 is 1.08 bits per heavy atom.